The summed E-state index contributed by atoms with van der Waals surface area (Å²) in [5, 5.41) is 0. The zero-order valence-electron chi connectivity index (χ0n) is 9.64. The first-order valence-electron chi connectivity index (χ1n) is 5.39. The van der Waals surface area contributed by atoms with Crippen molar-refractivity contribution in [3.63, 3.8) is 0 Å². The average molecular weight is 341 g/mol. The van der Waals surface area contributed by atoms with Gasteiger partial charge in [0.15, 0.2) is 0 Å². The van der Waals surface area contributed by atoms with Gasteiger partial charge in [0, 0.05) is 11.6 Å². The molecule has 4 heteroatoms. The molecule has 0 N–H and O–H groups in total. The van der Waals surface area contributed by atoms with Gasteiger partial charge in [-0.1, -0.05) is 26.2 Å². The molecule has 0 saturated heterocycles. The minimum atomic E-state index is -0.275. The summed E-state index contributed by atoms with van der Waals surface area (Å²) >= 11 is 4.25. The average Bonchev–Trinajstić information content (AvgIpc) is 2.34. The summed E-state index contributed by atoms with van der Waals surface area (Å²) in [4.78, 5) is 0. The van der Waals surface area contributed by atoms with Crippen LogP contribution < -0.4 is 4.74 Å². The monoisotopic (exact) mass is 338 g/mol. The summed E-state index contributed by atoms with van der Waals surface area (Å²) in [5.74, 6) is 0.353. The molecular weight excluding hydrogens is 324 g/mol. The van der Waals surface area contributed by atoms with Gasteiger partial charge in [0.1, 0.15) is 0 Å². The fraction of sp³-hybridized carbons (Fsp3) is 0.500. The van der Waals surface area contributed by atoms with Crippen molar-refractivity contribution in [3.8, 4) is 5.75 Å². The van der Waals surface area contributed by atoms with Crippen LogP contribution in [-0.4, -0.2) is 6.61 Å². The first-order chi connectivity index (χ1) is 7.83. The third-order valence-corrected chi connectivity index (χ3v) is 2.00. The maximum absolute atomic E-state index is 12.5. The van der Waals surface area contributed by atoms with Crippen LogP contribution in [0.15, 0.2) is 18.2 Å². The molecule has 0 radical (unpaired) electrons. The van der Waals surface area contributed by atoms with Crippen LogP contribution in [0, 0.1) is 11.9 Å². The molecule has 0 spiro atoms. The van der Waals surface area contributed by atoms with Gasteiger partial charge in [-0.25, -0.2) is 0 Å². The maximum atomic E-state index is 12.5. The second-order valence-electron chi connectivity index (χ2n) is 3.28. The number of rotatable bonds is 6. The first kappa shape index (κ1) is 16.1. The molecule has 0 bridgehead atoms. The molecule has 1 rings (SSSR count). The summed E-state index contributed by atoms with van der Waals surface area (Å²) in [6.07, 6.45) is 4.72. The van der Waals surface area contributed by atoms with E-state index in [2.05, 4.69) is 26.6 Å². The van der Waals surface area contributed by atoms with Crippen molar-refractivity contribution >= 4 is 13.6 Å². The molecule has 0 saturated carbocycles. The first-order valence-corrected chi connectivity index (χ1v) is 12.3. The normalized spacial score (nSPS) is 9.31. The Morgan fingerprint density at radius 3 is 2.62 bits per heavy atom. The Morgan fingerprint density at radius 1 is 1.31 bits per heavy atom. The van der Waals surface area contributed by atoms with E-state index in [-0.39, 0.29) is 5.82 Å². The van der Waals surface area contributed by atoms with E-state index in [0.717, 1.165) is 6.42 Å². The summed E-state index contributed by atoms with van der Waals surface area (Å²) in [6.45, 7) is 2.87. The molecule has 0 heterocycles. The quantitative estimate of drug-likeness (QED) is 0.423. The fourth-order valence-electron chi connectivity index (χ4n) is 1.19. The number of benzene rings is 1. The predicted molar refractivity (Wildman–Crippen MR) is 63.8 cm³/mol. The van der Waals surface area contributed by atoms with Crippen LogP contribution in [0.3, 0.4) is 0 Å². The second-order valence-corrected chi connectivity index (χ2v) is 3.28. The third kappa shape index (κ3) is 8.23. The van der Waals surface area contributed by atoms with Crippen LogP contribution >= 0.6 is 13.6 Å². The molecule has 0 amide bonds. The molecule has 1 aromatic rings. The van der Waals surface area contributed by atoms with E-state index >= 15 is 0 Å². The van der Waals surface area contributed by atoms with Crippen LogP contribution in [0.25, 0.3) is 0 Å². The third-order valence-electron chi connectivity index (χ3n) is 2.00. The number of hydrogen-bond acceptors (Lipinski definition) is 1. The van der Waals surface area contributed by atoms with Crippen molar-refractivity contribution in [2.24, 2.45) is 0 Å². The van der Waals surface area contributed by atoms with E-state index in [4.69, 9.17) is 4.74 Å². The van der Waals surface area contributed by atoms with Gasteiger partial charge in [0.05, 0.1) is 6.61 Å². The van der Waals surface area contributed by atoms with Crippen molar-refractivity contribution in [2.75, 3.05) is 6.61 Å². The van der Waals surface area contributed by atoms with Gasteiger partial charge in [-0.15, -0.1) is 24.3 Å². The molecule has 86 valence electrons. The van der Waals surface area contributed by atoms with E-state index < -0.39 is 0 Å². The van der Waals surface area contributed by atoms with Crippen molar-refractivity contribution in [1.82, 2.24) is 0 Å². The second kappa shape index (κ2) is 11.5. The number of unbranched alkanes of at least 4 members (excludes halogenated alkanes) is 3. The van der Waals surface area contributed by atoms with E-state index in [1.54, 1.807) is 6.07 Å². The van der Waals surface area contributed by atoms with Crippen LogP contribution in [-0.2, 0) is 16.3 Å². The number of ether oxygens (including phenoxy) is 1. The molecule has 0 aliphatic heterocycles. The fourth-order valence-corrected chi connectivity index (χ4v) is 1.19. The van der Waals surface area contributed by atoms with Gasteiger partial charge >= 0.3 is 30.0 Å². The Kier molecular flexibility index (Phi) is 11.6. The van der Waals surface area contributed by atoms with Gasteiger partial charge < -0.3 is 4.74 Å². The molecule has 1 aromatic carbocycles. The Balaban J connectivity index is 0.00000106. The molecule has 0 atom stereocenters. The van der Waals surface area contributed by atoms with Crippen molar-refractivity contribution in [2.45, 2.75) is 32.6 Å². The van der Waals surface area contributed by atoms with Crippen LogP contribution in [0.5, 0.6) is 5.75 Å². The molecule has 16 heavy (non-hydrogen) atoms. The Morgan fingerprint density at radius 2 is 2.06 bits per heavy atom. The Labute approximate surface area is 114 Å². The van der Waals surface area contributed by atoms with E-state index in [1.165, 1.54) is 47.7 Å². The number of halogens is 2. The van der Waals surface area contributed by atoms with Crippen molar-refractivity contribution < 1.29 is 25.5 Å². The molecule has 0 aliphatic rings. The molecule has 0 unspecified atom stereocenters. The van der Waals surface area contributed by atoms with Crippen molar-refractivity contribution in [3.05, 3.63) is 30.1 Å². The Bertz CT molecular complexity index is 254. The number of hydrogen-bond donors (Lipinski definition) is 0. The summed E-state index contributed by atoms with van der Waals surface area (Å²) in [6, 6.07) is 7.02. The summed E-state index contributed by atoms with van der Waals surface area (Å²) in [5.41, 5.74) is 0. The van der Waals surface area contributed by atoms with E-state index in [1.807, 2.05) is 0 Å². The molecule has 0 aliphatic carbocycles. The molecular formula is C12H16BrFOZn. The summed E-state index contributed by atoms with van der Waals surface area (Å²) in [7, 11) is 0. The molecule has 1 nitrogen and oxygen atoms in total. The van der Waals surface area contributed by atoms with Gasteiger partial charge in [-0.05, 0) is 6.42 Å². The predicted octanol–water partition coefficient (Wildman–Crippen LogP) is 4.43. The minimum absolute atomic E-state index is 0.275. The van der Waals surface area contributed by atoms with E-state index in [0.29, 0.717) is 12.4 Å². The van der Waals surface area contributed by atoms with E-state index in [9.17, 15) is 4.39 Å². The van der Waals surface area contributed by atoms with Crippen LogP contribution in [0.2, 0.25) is 0 Å². The van der Waals surface area contributed by atoms with Crippen LogP contribution in [0.1, 0.15) is 32.6 Å². The van der Waals surface area contributed by atoms with Crippen molar-refractivity contribution in [1.29, 1.82) is 0 Å². The van der Waals surface area contributed by atoms with Gasteiger partial charge in [-0.2, -0.15) is 0 Å². The topological polar surface area (TPSA) is 9.23 Å². The van der Waals surface area contributed by atoms with Crippen LogP contribution in [0.4, 0.5) is 4.39 Å². The SMILES string of the molecule is CCCCCCOc1[c-]cc(F)cc1.[Zn+][Br]. The molecule has 0 fully saturated rings. The Hall–Kier alpha value is 0.0534. The van der Waals surface area contributed by atoms with Gasteiger partial charge in [0.25, 0.3) is 0 Å². The zero-order chi connectivity index (χ0) is 12.2. The van der Waals surface area contributed by atoms with Gasteiger partial charge in [-0.3, -0.25) is 4.39 Å². The zero-order valence-corrected chi connectivity index (χ0v) is 14.2. The molecule has 0 aromatic heterocycles. The van der Waals surface area contributed by atoms with Gasteiger partial charge in [0.2, 0.25) is 0 Å². The summed E-state index contributed by atoms with van der Waals surface area (Å²) < 4.78 is 17.9. The standard InChI is InChI=1S/C12H16FO.BrH.Zn/c1-2-3-4-5-10-14-12-8-6-11(13)7-9-12;;/h6-8H,2-5,10H2,1H3;1H;/q-1;;+2/p-1.